The number of likely N-dealkylation sites (tertiary alicyclic amines) is 1. The highest BCUT2D eigenvalue weighted by atomic mass is 16.5. The predicted octanol–water partition coefficient (Wildman–Crippen LogP) is 5.07. The SMILES string of the molecule is COC(=O)CCCC=CCN1C(=O)CCC1CC[C@@H](O)[C@@H](C)CCCCc1ccccc1. The first-order valence-electron chi connectivity index (χ1n) is 12.2. The summed E-state index contributed by atoms with van der Waals surface area (Å²) >= 11 is 0. The van der Waals surface area contributed by atoms with Gasteiger partial charge >= 0.3 is 5.97 Å². The van der Waals surface area contributed by atoms with Gasteiger partial charge in [0.25, 0.3) is 0 Å². The van der Waals surface area contributed by atoms with Gasteiger partial charge in [0.2, 0.25) is 5.91 Å². The molecule has 32 heavy (non-hydrogen) atoms. The van der Waals surface area contributed by atoms with Crippen molar-refractivity contribution in [1.29, 1.82) is 0 Å². The van der Waals surface area contributed by atoms with Crippen molar-refractivity contribution in [3.8, 4) is 0 Å². The molecular formula is C27H41NO4. The molecule has 3 atom stereocenters. The number of carbonyl (C=O) groups excluding carboxylic acids is 2. The van der Waals surface area contributed by atoms with Crippen LogP contribution in [0, 0.1) is 5.92 Å². The highest BCUT2D eigenvalue weighted by Crippen LogP contribution is 2.25. The lowest BCUT2D eigenvalue weighted by atomic mass is 9.92. The average Bonchev–Trinajstić information content (AvgIpc) is 3.16. The molecule has 1 heterocycles. The maximum atomic E-state index is 12.3. The second kappa shape index (κ2) is 14.8. The molecule has 0 aliphatic carbocycles. The van der Waals surface area contributed by atoms with E-state index in [0.717, 1.165) is 57.8 Å². The monoisotopic (exact) mass is 443 g/mol. The Balaban J connectivity index is 1.63. The van der Waals surface area contributed by atoms with E-state index in [2.05, 4.69) is 35.9 Å². The van der Waals surface area contributed by atoms with Gasteiger partial charge in [0.05, 0.1) is 13.2 Å². The Hall–Kier alpha value is -2.14. The van der Waals surface area contributed by atoms with Crippen LogP contribution in [0.4, 0.5) is 0 Å². The summed E-state index contributed by atoms with van der Waals surface area (Å²) in [7, 11) is 1.40. The maximum absolute atomic E-state index is 12.3. The summed E-state index contributed by atoms with van der Waals surface area (Å²) in [6.07, 6.45) is 13.3. The third-order valence-corrected chi connectivity index (χ3v) is 6.57. The van der Waals surface area contributed by atoms with Gasteiger partial charge in [-0.3, -0.25) is 9.59 Å². The van der Waals surface area contributed by atoms with Crippen molar-refractivity contribution < 1.29 is 19.4 Å². The Morgan fingerprint density at radius 3 is 2.72 bits per heavy atom. The smallest absolute Gasteiger partial charge is 0.305 e. The second-order valence-corrected chi connectivity index (χ2v) is 9.03. The summed E-state index contributed by atoms with van der Waals surface area (Å²) in [5, 5.41) is 10.6. The Morgan fingerprint density at radius 2 is 1.97 bits per heavy atom. The lowest BCUT2D eigenvalue weighted by molar-refractivity contribution is -0.140. The Bertz CT molecular complexity index is 703. The molecule has 1 aliphatic rings. The Labute approximate surface area is 193 Å². The number of aliphatic hydroxyl groups is 1. The van der Waals surface area contributed by atoms with Gasteiger partial charge in [-0.15, -0.1) is 0 Å². The van der Waals surface area contributed by atoms with E-state index in [0.29, 0.717) is 19.4 Å². The van der Waals surface area contributed by atoms with Crippen molar-refractivity contribution in [3.05, 3.63) is 48.0 Å². The predicted molar refractivity (Wildman–Crippen MR) is 128 cm³/mol. The van der Waals surface area contributed by atoms with Gasteiger partial charge in [0.15, 0.2) is 0 Å². The van der Waals surface area contributed by atoms with Gasteiger partial charge in [-0.05, 0) is 62.8 Å². The third kappa shape index (κ3) is 9.56. The van der Waals surface area contributed by atoms with E-state index < -0.39 is 0 Å². The van der Waals surface area contributed by atoms with E-state index in [1.807, 2.05) is 23.1 Å². The first-order valence-corrected chi connectivity index (χ1v) is 12.2. The van der Waals surface area contributed by atoms with E-state index in [9.17, 15) is 14.7 Å². The molecule has 5 nitrogen and oxygen atoms in total. The van der Waals surface area contributed by atoms with Crippen molar-refractivity contribution in [2.24, 2.45) is 5.92 Å². The molecule has 1 amide bonds. The quantitative estimate of drug-likeness (QED) is 0.234. The minimum atomic E-state index is -0.307. The molecule has 178 valence electrons. The number of esters is 1. The molecule has 0 spiro atoms. The van der Waals surface area contributed by atoms with Crippen LogP contribution in [0.2, 0.25) is 0 Å². The Kier molecular flexibility index (Phi) is 12.1. The van der Waals surface area contributed by atoms with E-state index in [-0.39, 0.29) is 29.9 Å². The number of hydrogen-bond donors (Lipinski definition) is 1. The molecule has 0 bridgehead atoms. The van der Waals surface area contributed by atoms with Crippen molar-refractivity contribution in [2.45, 2.75) is 89.7 Å². The number of rotatable bonds is 15. The highest BCUT2D eigenvalue weighted by molar-refractivity contribution is 5.78. The van der Waals surface area contributed by atoms with Crippen LogP contribution in [0.1, 0.15) is 76.7 Å². The zero-order valence-electron chi connectivity index (χ0n) is 19.9. The average molecular weight is 444 g/mol. The number of nitrogens with zero attached hydrogens (tertiary/aromatic N) is 1. The van der Waals surface area contributed by atoms with Gasteiger partial charge in [-0.1, -0.05) is 55.8 Å². The molecule has 5 heteroatoms. The number of ether oxygens (including phenoxy) is 1. The molecule has 2 rings (SSSR count). The van der Waals surface area contributed by atoms with Gasteiger partial charge in [-0.2, -0.15) is 0 Å². The van der Waals surface area contributed by atoms with Crippen LogP contribution >= 0.6 is 0 Å². The number of aryl methyl sites for hydroxylation is 1. The Morgan fingerprint density at radius 1 is 1.19 bits per heavy atom. The standard InChI is InChI=1S/C27H41NO4/c1-22(12-9-10-15-23-13-6-5-7-14-23)25(29)19-17-24-18-20-26(30)28(24)21-11-4-3-8-16-27(31)32-2/h4-7,11,13-14,22,24-25,29H,3,8-10,12,15-21H2,1-2H3/t22-,24?,25+/m0/s1. The summed E-state index contributed by atoms with van der Waals surface area (Å²) in [4.78, 5) is 25.4. The van der Waals surface area contributed by atoms with Gasteiger partial charge in [0, 0.05) is 25.4 Å². The summed E-state index contributed by atoms with van der Waals surface area (Å²) in [5.74, 6) is 0.306. The minimum Gasteiger partial charge on any atom is -0.469 e. The summed E-state index contributed by atoms with van der Waals surface area (Å²) in [6, 6.07) is 10.8. The van der Waals surface area contributed by atoms with Crippen molar-refractivity contribution in [3.63, 3.8) is 0 Å². The minimum absolute atomic E-state index is 0.183. The first kappa shape index (κ1) is 26.1. The summed E-state index contributed by atoms with van der Waals surface area (Å²) < 4.78 is 4.64. The lowest BCUT2D eigenvalue weighted by Crippen LogP contribution is -2.34. The number of unbranched alkanes of at least 4 members (excludes halogenated alkanes) is 2. The first-order chi connectivity index (χ1) is 15.5. The molecule has 0 aromatic heterocycles. The third-order valence-electron chi connectivity index (χ3n) is 6.57. The van der Waals surface area contributed by atoms with Crippen LogP contribution < -0.4 is 0 Å². The number of carbonyl (C=O) groups is 2. The molecular weight excluding hydrogens is 402 g/mol. The summed E-state index contributed by atoms with van der Waals surface area (Å²) in [6.45, 7) is 2.76. The molecule has 1 fully saturated rings. The zero-order chi connectivity index (χ0) is 23.2. The topological polar surface area (TPSA) is 66.8 Å². The van der Waals surface area contributed by atoms with E-state index in [4.69, 9.17) is 0 Å². The number of methoxy groups -OCH3 is 1. The fourth-order valence-corrected chi connectivity index (χ4v) is 4.40. The van der Waals surface area contributed by atoms with Crippen LogP contribution in [0.25, 0.3) is 0 Å². The zero-order valence-corrected chi connectivity index (χ0v) is 19.9. The maximum Gasteiger partial charge on any atom is 0.305 e. The van der Waals surface area contributed by atoms with E-state index >= 15 is 0 Å². The molecule has 1 aromatic rings. The van der Waals surface area contributed by atoms with Gasteiger partial charge < -0.3 is 14.7 Å². The molecule has 1 saturated heterocycles. The molecule has 0 radical (unpaired) electrons. The largest absolute Gasteiger partial charge is 0.469 e. The lowest BCUT2D eigenvalue weighted by Gasteiger charge is -2.26. The highest BCUT2D eigenvalue weighted by Gasteiger charge is 2.30. The van der Waals surface area contributed by atoms with Crippen LogP contribution in [-0.2, 0) is 20.7 Å². The van der Waals surface area contributed by atoms with Crippen LogP contribution in [-0.4, -0.2) is 47.7 Å². The molecule has 1 aliphatic heterocycles. The summed E-state index contributed by atoms with van der Waals surface area (Å²) in [5.41, 5.74) is 1.38. The fourth-order valence-electron chi connectivity index (χ4n) is 4.40. The van der Waals surface area contributed by atoms with Crippen molar-refractivity contribution in [1.82, 2.24) is 4.90 Å². The molecule has 0 saturated carbocycles. The number of allylic oxidation sites excluding steroid dienone is 1. The molecule has 1 N–H and O–H groups in total. The number of aliphatic hydroxyl groups excluding tert-OH is 1. The van der Waals surface area contributed by atoms with Crippen LogP contribution in [0.15, 0.2) is 42.5 Å². The van der Waals surface area contributed by atoms with Crippen LogP contribution in [0.3, 0.4) is 0 Å². The number of amides is 1. The second-order valence-electron chi connectivity index (χ2n) is 9.03. The molecule has 1 aromatic carbocycles. The van der Waals surface area contributed by atoms with Gasteiger partial charge in [0.1, 0.15) is 0 Å². The molecule has 1 unspecified atom stereocenters. The van der Waals surface area contributed by atoms with Crippen molar-refractivity contribution >= 4 is 11.9 Å². The van der Waals surface area contributed by atoms with E-state index in [1.165, 1.54) is 12.7 Å². The number of hydrogen-bond acceptors (Lipinski definition) is 4. The van der Waals surface area contributed by atoms with E-state index in [1.54, 1.807) is 0 Å². The van der Waals surface area contributed by atoms with Crippen molar-refractivity contribution in [2.75, 3.05) is 13.7 Å². The normalized spacial score (nSPS) is 18.3. The van der Waals surface area contributed by atoms with Crippen LogP contribution in [0.5, 0.6) is 0 Å². The fraction of sp³-hybridized carbons (Fsp3) is 0.630. The van der Waals surface area contributed by atoms with Gasteiger partial charge in [-0.25, -0.2) is 0 Å². The number of benzene rings is 1.